The monoisotopic (exact) mass is 390 g/mol. The lowest BCUT2D eigenvalue weighted by atomic mass is 10.2. The first-order valence-electron chi connectivity index (χ1n) is 9.51. The molecule has 0 radical (unpaired) electrons. The number of aryl methyl sites for hydroxylation is 1. The summed E-state index contributed by atoms with van der Waals surface area (Å²) in [6.45, 7) is 3.92. The van der Waals surface area contributed by atoms with Gasteiger partial charge >= 0.3 is 0 Å². The van der Waals surface area contributed by atoms with Gasteiger partial charge in [0.25, 0.3) is 11.8 Å². The van der Waals surface area contributed by atoms with Gasteiger partial charge in [0.2, 0.25) is 0 Å². The number of carbonyl (C=O) groups excluding carboxylic acids is 2. The van der Waals surface area contributed by atoms with Crippen LogP contribution >= 0.6 is 0 Å². The molecule has 29 heavy (non-hydrogen) atoms. The van der Waals surface area contributed by atoms with Crippen molar-refractivity contribution < 1.29 is 14.0 Å². The zero-order chi connectivity index (χ0) is 20.2. The molecular weight excluding hydrogens is 368 g/mol. The molecule has 7 heteroatoms. The number of carbonyl (C=O) groups is 2. The molecule has 0 bridgehead atoms. The minimum Gasteiger partial charge on any atom is -0.459 e. The van der Waals surface area contributed by atoms with Crippen LogP contribution in [0.5, 0.6) is 0 Å². The van der Waals surface area contributed by atoms with Crippen molar-refractivity contribution in [2.24, 2.45) is 0 Å². The second-order valence-corrected chi connectivity index (χ2v) is 7.02. The van der Waals surface area contributed by atoms with Gasteiger partial charge < -0.3 is 19.5 Å². The van der Waals surface area contributed by atoms with Crippen molar-refractivity contribution in [1.29, 1.82) is 0 Å². The van der Waals surface area contributed by atoms with E-state index in [1.165, 1.54) is 11.8 Å². The number of nitrogens with zero attached hydrogens (tertiary/aromatic N) is 3. The number of amides is 2. The molecule has 148 valence electrons. The Morgan fingerprint density at radius 1 is 0.931 bits per heavy atom. The molecule has 1 aliphatic heterocycles. The lowest BCUT2D eigenvalue weighted by Gasteiger charge is -2.34. The lowest BCUT2D eigenvalue weighted by molar-refractivity contribution is 0.0518. The Bertz CT molecular complexity index is 991. The third-order valence-corrected chi connectivity index (χ3v) is 4.91. The van der Waals surface area contributed by atoms with Crippen LogP contribution in [0.2, 0.25) is 0 Å². The van der Waals surface area contributed by atoms with Crippen LogP contribution in [0.4, 0.5) is 11.4 Å². The highest BCUT2D eigenvalue weighted by Crippen LogP contribution is 2.19. The first-order valence-corrected chi connectivity index (χ1v) is 9.51. The largest absolute Gasteiger partial charge is 0.459 e. The first kappa shape index (κ1) is 18.7. The summed E-state index contributed by atoms with van der Waals surface area (Å²) < 4.78 is 5.17. The van der Waals surface area contributed by atoms with Crippen LogP contribution in [0.3, 0.4) is 0 Å². The fourth-order valence-electron chi connectivity index (χ4n) is 3.28. The third-order valence-electron chi connectivity index (χ3n) is 4.91. The van der Waals surface area contributed by atoms with Crippen LogP contribution in [0.25, 0.3) is 0 Å². The van der Waals surface area contributed by atoms with E-state index in [-0.39, 0.29) is 11.8 Å². The van der Waals surface area contributed by atoms with Gasteiger partial charge in [-0.15, -0.1) is 0 Å². The Hall–Kier alpha value is -3.61. The summed E-state index contributed by atoms with van der Waals surface area (Å²) in [5.74, 6) is 0.0899. The van der Waals surface area contributed by atoms with E-state index in [1.807, 2.05) is 31.2 Å². The average Bonchev–Trinajstić information content (AvgIpc) is 3.30. The van der Waals surface area contributed by atoms with Crippen LogP contribution in [0.15, 0.2) is 65.5 Å². The Morgan fingerprint density at radius 3 is 2.28 bits per heavy atom. The summed E-state index contributed by atoms with van der Waals surface area (Å²) in [7, 11) is 0. The molecule has 0 aliphatic carbocycles. The topological polar surface area (TPSA) is 78.7 Å². The quantitative estimate of drug-likeness (QED) is 0.739. The minimum atomic E-state index is -0.145. The van der Waals surface area contributed by atoms with E-state index in [0.29, 0.717) is 37.5 Å². The van der Waals surface area contributed by atoms with E-state index in [1.54, 1.807) is 40.4 Å². The van der Waals surface area contributed by atoms with Crippen LogP contribution in [0, 0.1) is 6.92 Å². The van der Waals surface area contributed by atoms with E-state index >= 15 is 0 Å². The first-order chi connectivity index (χ1) is 14.1. The van der Waals surface area contributed by atoms with Gasteiger partial charge in [-0.05, 0) is 37.3 Å². The maximum atomic E-state index is 12.9. The van der Waals surface area contributed by atoms with Crippen molar-refractivity contribution in [1.82, 2.24) is 14.8 Å². The molecule has 2 amide bonds. The fourth-order valence-corrected chi connectivity index (χ4v) is 3.28. The molecule has 4 rings (SSSR count). The summed E-state index contributed by atoms with van der Waals surface area (Å²) in [5, 5.41) is 3.27. The van der Waals surface area contributed by atoms with Gasteiger partial charge in [0, 0.05) is 38.1 Å². The molecule has 7 nitrogen and oxygen atoms in total. The molecular formula is C22H22N4O3. The van der Waals surface area contributed by atoms with Crippen molar-refractivity contribution in [3.63, 3.8) is 0 Å². The zero-order valence-corrected chi connectivity index (χ0v) is 16.2. The minimum absolute atomic E-state index is 0.0878. The molecule has 1 aliphatic rings. The van der Waals surface area contributed by atoms with Crippen molar-refractivity contribution >= 4 is 23.2 Å². The molecule has 0 atom stereocenters. The molecule has 1 fully saturated rings. The second kappa shape index (κ2) is 8.18. The molecule has 0 saturated carbocycles. The summed E-state index contributed by atoms with van der Waals surface area (Å²) in [6.07, 6.45) is 4.75. The van der Waals surface area contributed by atoms with Gasteiger partial charge in [-0.2, -0.15) is 0 Å². The van der Waals surface area contributed by atoms with Gasteiger partial charge in [-0.25, -0.2) is 0 Å². The lowest BCUT2D eigenvalue weighted by Crippen LogP contribution is -2.50. The third kappa shape index (κ3) is 4.29. The number of anilines is 2. The highest BCUT2D eigenvalue weighted by atomic mass is 16.3. The van der Waals surface area contributed by atoms with Crippen molar-refractivity contribution in [2.45, 2.75) is 6.92 Å². The van der Waals surface area contributed by atoms with Gasteiger partial charge in [-0.1, -0.05) is 17.7 Å². The maximum absolute atomic E-state index is 12.9. The number of nitrogens with one attached hydrogen (secondary N) is 1. The Balaban J connectivity index is 1.38. The fraction of sp³-hybridized carbons (Fsp3) is 0.227. The number of hydrogen-bond donors (Lipinski definition) is 1. The number of aromatic nitrogens is 1. The standard InChI is InChI=1S/C22H22N4O3/c1-16-4-6-18(7-5-16)24-19-13-17(14-23-15-19)21(27)25-8-10-26(11-9-25)22(28)20-3-2-12-29-20/h2-7,12-15,24H,8-11H2,1H3. The molecule has 1 aromatic carbocycles. The smallest absolute Gasteiger partial charge is 0.289 e. The molecule has 3 aromatic rings. The zero-order valence-electron chi connectivity index (χ0n) is 16.2. The van der Waals surface area contributed by atoms with E-state index in [4.69, 9.17) is 4.42 Å². The van der Waals surface area contributed by atoms with Crippen LogP contribution < -0.4 is 5.32 Å². The van der Waals surface area contributed by atoms with E-state index < -0.39 is 0 Å². The predicted molar refractivity (Wildman–Crippen MR) is 109 cm³/mol. The Morgan fingerprint density at radius 2 is 1.62 bits per heavy atom. The number of pyridine rings is 1. The number of hydrogen-bond acceptors (Lipinski definition) is 5. The average molecular weight is 390 g/mol. The van der Waals surface area contributed by atoms with Crippen molar-refractivity contribution in [3.8, 4) is 0 Å². The summed E-state index contributed by atoms with van der Waals surface area (Å²) in [4.78, 5) is 32.9. The molecule has 0 unspecified atom stereocenters. The maximum Gasteiger partial charge on any atom is 0.289 e. The second-order valence-electron chi connectivity index (χ2n) is 7.02. The molecule has 1 N–H and O–H groups in total. The van der Waals surface area contributed by atoms with E-state index in [2.05, 4.69) is 10.3 Å². The number of furan rings is 1. The van der Waals surface area contributed by atoms with E-state index in [0.717, 1.165) is 11.4 Å². The van der Waals surface area contributed by atoms with Crippen molar-refractivity contribution in [2.75, 3.05) is 31.5 Å². The Kier molecular flexibility index (Phi) is 5.29. The van der Waals surface area contributed by atoms with Gasteiger partial charge in [-0.3, -0.25) is 14.6 Å². The normalized spacial score (nSPS) is 14.0. The Labute approximate surface area is 169 Å². The summed E-state index contributed by atoms with van der Waals surface area (Å²) in [6, 6.07) is 13.2. The van der Waals surface area contributed by atoms with Gasteiger partial charge in [0.15, 0.2) is 5.76 Å². The molecule has 2 aromatic heterocycles. The van der Waals surface area contributed by atoms with Crippen molar-refractivity contribution in [3.05, 3.63) is 78.0 Å². The highest BCUT2D eigenvalue weighted by molar-refractivity contribution is 5.95. The van der Waals surface area contributed by atoms with Crippen LogP contribution in [-0.4, -0.2) is 52.8 Å². The molecule has 0 spiro atoms. The predicted octanol–water partition coefficient (Wildman–Crippen LogP) is 3.32. The van der Waals surface area contributed by atoms with Gasteiger partial charge in [0.1, 0.15) is 0 Å². The molecule has 1 saturated heterocycles. The van der Waals surface area contributed by atoms with Gasteiger partial charge in [0.05, 0.1) is 23.7 Å². The van der Waals surface area contributed by atoms with Crippen LogP contribution in [0.1, 0.15) is 26.5 Å². The van der Waals surface area contributed by atoms with Crippen LogP contribution in [-0.2, 0) is 0 Å². The van der Waals surface area contributed by atoms with E-state index in [9.17, 15) is 9.59 Å². The SMILES string of the molecule is Cc1ccc(Nc2cncc(C(=O)N3CCN(C(=O)c4ccco4)CC3)c2)cc1. The summed E-state index contributed by atoms with van der Waals surface area (Å²) >= 11 is 0. The summed E-state index contributed by atoms with van der Waals surface area (Å²) in [5.41, 5.74) is 3.40. The number of piperazine rings is 1. The number of rotatable bonds is 4. The highest BCUT2D eigenvalue weighted by Gasteiger charge is 2.26. The number of benzene rings is 1. The molecule has 3 heterocycles.